The Labute approximate surface area is 64.4 Å². The Hall–Kier alpha value is -0.200. The van der Waals surface area contributed by atoms with E-state index < -0.39 is 30.6 Å². The van der Waals surface area contributed by atoms with Crippen LogP contribution in [0.2, 0.25) is 0 Å². The van der Waals surface area contributed by atoms with Crippen LogP contribution >= 0.6 is 0 Å². The molecule has 1 fully saturated rings. The van der Waals surface area contributed by atoms with Crippen LogP contribution in [0.3, 0.4) is 0 Å². The van der Waals surface area contributed by atoms with Gasteiger partial charge in [0.25, 0.3) is 0 Å². The van der Waals surface area contributed by atoms with Gasteiger partial charge in [-0.3, -0.25) is 0 Å². The summed E-state index contributed by atoms with van der Waals surface area (Å²) in [5.41, 5.74) is 5.36. The van der Waals surface area contributed by atoms with Gasteiger partial charge in [0.05, 0.1) is 18.2 Å². The lowest BCUT2D eigenvalue weighted by Crippen LogP contribution is -2.60. The summed E-state index contributed by atoms with van der Waals surface area (Å²) in [6.07, 6.45) is -3.96. The summed E-state index contributed by atoms with van der Waals surface area (Å²) in [6.45, 7) is 1.58. The van der Waals surface area contributed by atoms with Gasteiger partial charge in [-0.15, -0.1) is 0 Å². The summed E-state index contributed by atoms with van der Waals surface area (Å²) in [4.78, 5) is 0. The van der Waals surface area contributed by atoms with Crippen LogP contribution in [0.1, 0.15) is 6.92 Å². The second-order valence-electron chi connectivity index (χ2n) is 2.79. The lowest BCUT2D eigenvalue weighted by atomic mass is 9.98. The van der Waals surface area contributed by atoms with Crippen molar-refractivity contribution in [3.63, 3.8) is 0 Å². The molecule has 0 aliphatic carbocycles. The molecule has 1 aliphatic heterocycles. The zero-order valence-electron chi connectivity index (χ0n) is 6.21. The monoisotopic (exact) mass is 163 g/mol. The standard InChI is InChI=1S/C6H13NO4/c1-2-4(8)3(7)5(9)6(10)11-2/h2-6,8-10H,7H2,1H3/t2-,3+,4-,5+,6?/m1/s1. The van der Waals surface area contributed by atoms with Crippen molar-refractivity contribution in [1.82, 2.24) is 0 Å². The van der Waals surface area contributed by atoms with Crippen molar-refractivity contribution in [3.8, 4) is 0 Å². The molecule has 1 aliphatic rings. The topological polar surface area (TPSA) is 95.9 Å². The van der Waals surface area contributed by atoms with Crippen LogP contribution in [0.15, 0.2) is 0 Å². The third-order valence-corrected chi connectivity index (χ3v) is 1.92. The van der Waals surface area contributed by atoms with Gasteiger partial charge in [-0.25, -0.2) is 0 Å². The minimum atomic E-state index is -1.29. The molecule has 0 aromatic rings. The predicted molar refractivity (Wildman–Crippen MR) is 36.5 cm³/mol. The van der Waals surface area contributed by atoms with Gasteiger partial charge in [-0.1, -0.05) is 0 Å². The van der Waals surface area contributed by atoms with Crippen LogP contribution in [-0.2, 0) is 4.74 Å². The third-order valence-electron chi connectivity index (χ3n) is 1.92. The second-order valence-corrected chi connectivity index (χ2v) is 2.79. The van der Waals surface area contributed by atoms with Gasteiger partial charge >= 0.3 is 0 Å². The Balaban J connectivity index is 2.63. The first-order valence-corrected chi connectivity index (χ1v) is 3.49. The fraction of sp³-hybridized carbons (Fsp3) is 1.00. The highest BCUT2D eigenvalue weighted by molar-refractivity contribution is 4.89. The first kappa shape index (κ1) is 8.89. The second kappa shape index (κ2) is 3.04. The Morgan fingerprint density at radius 3 is 2.27 bits per heavy atom. The molecule has 11 heavy (non-hydrogen) atoms. The lowest BCUT2D eigenvalue weighted by Gasteiger charge is -2.37. The van der Waals surface area contributed by atoms with Crippen molar-refractivity contribution in [2.45, 2.75) is 37.6 Å². The molecule has 66 valence electrons. The molecule has 0 bridgehead atoms. The number of aliphatic hydroxyl groups is 3. The van der Waals surface area contributed by atoms with Gasteiger partial charge in [0.15, 0.2) is 6.29 Å². The quantitative estimate of drug-likeness (QED) is 0.324. The van der Waals surface area contributed by atoms with Crippen LogP contribution in [0.25, 0.3) is 0 Å². The van der Waals surface area contributed by atoms with Gasteiger partial charge in [0, 0.05) is 0 Å². The molecule has 0 amide bonds. The van der Waals surface area contributed by atoms with Gasteiger partial charge < -0.3 is 25.8 Å². The maximum Gasteiger partial charge on any atom is 0.182 e. The highest BCUT2D eigenvalue weighted by atomic mass is 16.6. The average Bonchev–Trinajstić information content (AvgIpc) is 1.97. The molecule has 0 radical (unpaired) electrons. The lowest BCUT2D eigenvalue weighted by molar-refractivity contribution is -0.247. The largest absolute Gasteiger partial charge is 0.389 e. The number of rotatable bonds is 0. The van der Waals surface area contributed by atoms with Crippen LogP contribution in [0.4, 0.5) is 0 Å². The summed E-state index contributed by atoms with van der Waals surface area (Å²) in [5.74, 6) is 0. The smallest absolute Gasteiger partial charge is 0.182 e. The summed E-state index contributed by atoms with van der Waals surface area (Å²) >= 11 is 0. The molecule has 1 unspecified atom stereocenters. The summed E-state index contributed by atoms with van der Waals surface area (Å²) < 4.78 is 4.76. The van der Waals surface area contributed by atoms with E-state index >= 15 is 0 Å². The number of hydrogen-bond acceptors (Lipinski definition) is 5. The van der Waals surface area contributed by atoms with Crippen molar-refractivity contribution in [2.24, 2.45) is 5.73 Å². The summed E-state index contributed by atoms with van der Waals surface area (Å²) in [6, 6.07) is -0.839. The highest BCUT2D eigenvalue weighted by Gasteiger charge is 2.39. The summed E-state index contributed by atoms with van der Waals surface area (Å²) in [5, 5.41) is 27.3. The summed E-state index contributed by atoms with van der Waals surface area (Å²) in [7, 11) is 0. The zero-order valence-corrected chi connectivity index (χ0v) is 6.21. The molecule has 5 atom stereocenters. The Kier molecular flexibility index (Phi) is 2.46. The third kappa shape index (κ3) is 1.52. The van der Waals surface area contributed by atoms with Crippen molar-refractivity contribution in [2.75, 3.05) is 0 Å². The number of nitrogens with two attached hydrogens (primary N) is 1. The van der Waals surface area contributed by atoms with E-state index in [-0.39, 0.29) is 0 Å². The number of ether oxygens (including phenoxy) is 1. The Morgan fingerprint density at radius 2 is 1.73 bits per heavy atom. The van der Waals surface area contributed by atoms with Crippen molar-refractivity contribution in [1.29, 1.82) is 0 Å². The molecule has 5 nitrogen and oxygen atoms in total. The molecular formula is C6H13NO4. The van der Waals surface area contributed by atoms with E-state index in [9.17, 15) is 5.11 Å². The first-order valence-electron chi connectivity index (χ1n) is 3.49. The van der Waals surface area contributed by atoms with E-state index in [2.05, 4.69) is 0 Å². The Morgan fingerprint density at radius 1 is 1.18 bits per heavy atom. The fourth-order valence-corrected chi connectivity index (χ4v) is 1.09. The number of aliphatic hydroxyl groups excluding tert-OH is 3. The molecule has 0 saturated carbocycles. The minimum absolute atomic E-state index is 0.539. The molecule has 1 saturated heterocycles. The highest BCUT2D eigenvalue weighted by Crippen LogP contribution is 2.17. The maximum absolute atomic E-state index is 9.21. The average molecular weight is 163 g/mol. The minimum Gasteiger partial charge on any atom is -0.389 e. The molecule has 1 heterocycles. The van der Waals surface area contributed by atoms with Gasteiger partial charge in [0.2, 0.25) is 0 Å². The van der Waals surface area contributed by atoms with E-state index in [0.717, 1.165) is 0 Å². The van der Waals surface area contributed by atoms with E-state index in [1.165, 1.54) is 0 Å². The molecule has 0 aromatic carbocycles. The van der Waals surface area contributed by atoms with Crippen LogP contribution < -0.4 is 5.73 Å². The van der Waals surface area contributed by atoms with Gasteiger partial charge in [0.1, 0.15) is 6.10 Å². The molecule has 1 rings (SSSR count). The SMILES string of the molecule is C[C@H]1OC(O)[C@@H](O)[C@@H](N)[C@@H]1O. The van der Waals surface area contributed by atoms with E-state index in [1.54, 1.807) is 6.92 Å². The molecule has 5 N–H and O–H groups in total. The van der Waals surface area contributed by atoms with Gasteiger partial charge in [-0.05, 0) is 6.92 Å². The van der Waals surface area contributed by atoms with E-state index in [4.69, 9.17) is 20.7 Å². The first-order chi connectivity index (χ1) is 5.04. The molecule has 0 aromatic heterocycles. The van der Waals surface area contributed by atoms with Crippen molar-refractivity contribution in [3.05, 3.63) is 0 Å². The fourth-order valence-electron chi connectivity index (χ4n) is 1.09. The van der Waals surface area contributed by atoms with E-state index in [1.807, 2.05) is 0 Å². The molecular weight excluding hydrogens is 150 g/mol. The number of hydrogen-bond donors (Lipinski definition) is 4. The zero-order chi connectivity index (χ0) is 8.59. The molecule has 5 heteroatoms. The predicted octanol–water partition coefficient (Wildman–Crippen LogP) is -2.23. The van der Waals surface area contributed by atoms with Gasteiger partial charge in [-0.2, -0.15) is 0 Å². The van der Waals surface area contributed by atoms with Crippen molar-refractivity contribution < 1.29 is 20.1 Å². The molecule has 0 spiro atoms. The Bertz CT molecular complexity index is 129. The van der Waals surface area contributed by atoms with Crippen LogP contribution in [0.5, 0.6) is 0 Å². The van der Waals surface area contributed by atoms with Crippen LogP contribution in [-0.4, -0.2) is 46.0 Å². The van der Waals surface area contributed by atoms with E-state index in [0.29, 0.717) is 0 Å². The normalized spacial score (nSPS) is 52.6. The maximum atomic E-state index is 9.21. The van der Waals surface area contributed by atoms with Crippen LogP contribution in [0, 0.1) is 0 Å². The van der Waals surface area contributed by atoms with Crippen molar-refractivity contribution >= 4 is 0 Å².